The Morgan fingerprint density at radius 2 is 0.569 bits per heavy atom. The average Bonchev–Trinajstić information content (AvgIpc) is 3.14. The molecule has 4 saturated heterocycles. The molecular formula is C56H86N6O10. The molecule has 6 rings (SSSR count). The molecule has 0 bridgehead atoms. The monoisotopic (exact) mass is 1000 g/mol. The largest absolute Gasteiger partial charge is 0.461 e. The first-order valence-corrected chi connectivity index (χ1v) is 25.9. The van der Waals surface area contributed by atoms with E-state index in [1.807, 2.05) is 111 Å². The van der Waals surface area contributed by atoms with Crippen molar-refractivity contribution in [3.63, 3.8) is 0 Å². The minimum absolute atomic E-state index is 0.119. The minimum Gasteiger partial charge on any atom is -0.461 e. The summed E-state index contributed by atoms with van der Waals surface area (Å²) in [5, 5.41) is 15.1. The molecule has 400 valence electrons. The number of rotatable bonds is 14. The van der Waals surface area contributed by atoms with Crippen molar-refractivity contribution < 1.29 is 47.7 Å². The van der Waals surface area contributed by atoms with Gasteiger partial charge in [-0.3, -0.25) is 28.8 Å². The van der Waals surface area contributed by atoms with Crippen molar-refractivity contribution in [3.05, 3.63) is 47.5 Å². The molecule has 4 aliphatic heterocycles. The first-order chi connectivity index (χ1) is 32.9. The Morgan fingerprint density at radius 3 is 0.764 bits per heavy atom. The summed E-state index contributed by atoms with van der Waals surface area (Å²) in [6.07, 6.45) is 2.65. The zero-order valence-corrected chi connectivity index (χ0v) is 46.2. The Kier molecular flexibility index (Phi) is 16.2. The molecule has 4 fully saturated rings. The van der Waals surface area contributed by atoms with Crippen LogP contribution in [0, 0.1) is 0 Å². The number of ether oxygens (including phenoxy) is 4. The molecule has 4 N–H and O–H groups in total. The molecule has 2 amide bonds. The van der Waals surface area contributed by atoms with E-state index in [1.54, 1.807) is 24.3 Å². The predicted molar refractivity (Wildman–Crippen MR) is 277 cm³/mol. The van der Waals surface area contributed by atoms with Crippen molar-refractivity contribution in [2.75, 3.05) is 26.2 Å². The highest BCUT2D eigenvalue weighted by Crippen LogP contribution is 2.35. The van der Waals surface area contributed by atoms with Crippen LogP contribution in [0.3, 0.4) is 0 Å². The van der Waals surface area contributed by atoms with E-state index < -0.39 is 86.3 Å². The second-order valence-electron chi connectivity index (χ2n) is 26.7. The van der Waals surface area contributed by atoms with Crippen molar-refractivity contribution in [1.29, 1.82) is 0 Å². The average molecular weight is 1000 g/mol. The van der Waals surface area contributed by atoms with Gasteiger partial charge in [-0.05, 0) is 134 Å². The number of piperidine rings is 4. The molecule has 0 aromatic heterocycles. The Bertz CT molecular complexity index is 2050. The summed E-state index contributed by atoms with van der Waals surface area (Å²) in [6.45, 7) is 30.6. The van der Waals surface area contributed by atoms with Gasteiger partial charge in [-0.15, -0.1) is 0 Å². The van der Waals surface area contributed by atoms with E-state index in [1.165, 1.54) is 12.1 Å². The highest BCUT2D eigenvalue weighted by Gasteiger charge is 2.44. The second kappa shape index (κ2) is 20.6. The van der Waals surface area contributed by atoms with Gasteiger partial charge in [0, 0.05) is 107 Å². The molecule has 16 nitrogen and oxygen atoms in total. The summed E-state index contributed by atoms with van der Waals surface area (Å²) in [4.78, 5) is 87.9. The fraction of sp³-hybridized carbons (Fsp3) is 0.714. The summed E-state index contributed by atoms with van der Waals surface area (Å²) in [5.74, 6) is -3.98. The van der Waals surface area contributed by atoms with E-state index in [0.29, 0.717) is 62.1 Å². The second-order valence-corrected chi connectivity index (χ2v) is 26.7. The Labute approximate surface area is 428 Å². The van der Waals surface area contributed by atoms with Gasteiger partial charge in [-0.1, -0.05) is 24.3 Å². The molecule has 0 aliphatic carbocycles. The van der Waals surface area contributed by atoms with E-state index in [-0.39, 0.29) is 55.4 Å². The van der Waals surface area contributed by atoms with Crippen LogP contribution in [-0.2, 0) is 38.1 Å². The molecule has 72 heavy (non-hydrogen) atoms. The van der Waals surface area contributed by atoms with Crippen LogP contribution < -0.4 is 21.3 Å². The van der Waals surface area contributed by atoms with Crippen LogP contribution in [0.25, 0.3) is 10.8 Å². The van der Waals surface area contributed by atoms with Crippen molar-refractivity contribution >= 4 is 46.5 Å². The standard InChI is InChI=1S/C56H86N6O10/c1-49(2)23-35(24-50(3,4)57-49)69-43(63)31-61(32-44(64)70-36-25-51(5,6)58-52(7,8)26-36)47(67)41-21-22-42(40-20-18-17-19-39(40)41)48(68)62(33-45(65)71-37-27-53(9,10)59-54(11,12)28-37)34-46(66)72-38-29-55(13,14)60-56(15,16)30-38/h17-22,35-38,57-60H,23-34H2,1-16H3. The highest BCUT2D eigenvalue weighted by molar-refractivity contribution is 6.15. The SMILES string of the molecule is CC1(C)CC(OC(=O)CN(CC(=O)OC2CC(C)(C)NC(C)(C)C2)C(=O)c2ccc(C(=O)N(CC(=O)OC3CC(C)(C)NC(C)(C)C3)CC(=O)OC3CC(C)(C)NC(C)(C)C3)c3ccccc23)CC(C)(C)N1. The number of hydrogen-bond acceptors (Lipinski definition) is 14. The van der Waals surface area contributed by atoms with Gasteiger partial charge in [0.25, 0.3) is 11.8 Å². The van der Waals surface area contributed by atoms with Crippen LogP contribution in [0.15, 0.2) is 36.4 Å². The van der Waals surface area contributed by atoms with Crippen LogP contribution in [-0.4, -0.2) is 140 Å². The number of hydrogen-bond donors (Lipinski definition) is 4. The number of benzene rings is 2. The van der Waals surface area contributed by atoms with Gasteiger partial charge in [-0.2, -0.15) is 0 Å². The van der Waals surface area contributed by atoms with E-state index in [0.717, 1.165) is 9.80 Å². The summed E-state index contributed by atoms with van der Waals surface area (Å²) in [6, 6.07) is 9.76. The lowest BCUT2D eigenvalue weighted by Crippen LogP contribution is -2.60. The van der Waals surface area contributed by atoms with Crippen molar-refractivity contribution in [3.8, 4) is 0 Å². The van der Waals surface area contributed by atoms with Crippen LogP contribution in [0.2, 0.25) is 0 Å². The van der Waals surface area contributed by atoms with E-state index in [4.69, 9.17) is 18.9 Å². The Balaban J connectivity index is 1.30. The van der Waals surface area contributed by atoms with E-state index in [9.17, 15) is 28.8 Å². The molecule has 16 heteroatoms. The first kappa shape index (κ1) is 56.7. The van der Waals surface area contributed by atoms with Crippen molar-refractivity contribution in [1.82, 2.24) is 31.1 Å². The lowest BCUT2D eigenvalue weighted by Gasteiger charge is -2.46. The molecule has 4 aliphatic rings. The summed E-state index contributed by atoms with van der Waals surface area (Å²) < 4.78 is 24.3. The maximum absolute atomic E-state index is 15.0. The van der Waals surface area contributed by atoms with Crippen LogP contribution >= 0.6 is 0 Å². The molecule has 4 heterocycles. The fourth-order valence-corrected chi connectivity index (χ4v) is 13.2. The van der Waals surface area contributed by atoms with Crippen molar-refractivity contribution in [2.45, 2.75) is 231 Å². The number of nitrogens with one attached hydrogen (secondary N) is 4. The topological polar surface area (TPSA) is 194 Å². The molecule has 0 unspecified atom stereocenters. The first-order valence-electron chi connectivity index (χ1n) is 25.9. The lowest BCUT2D eigenvalue weighted by atomic mass is 9.81. The number of fused-ring (bicyclic) bond motifs is 1. The van der Waals surface area contributed by atoms with Gasteiger partial charge in [0.1, 0.15) is 50.6 Å². The fourth-order valence-electron chi connectivity index (χ4n) is 13.2. The van der Waals surface area contributed by atoms with Gasteiger partial charge in [0.2, 0.25) is 0 Å². The number of amides is 2. The minimum atomic E-state index is -0.669. The number of nitrogens with zero attached hydrogens (tertiary/aromatic N) is 2. The quantitative estimate of drug-likeness (QED) is 0.110. The van der Waals surface area contributed by atoms with Gasteiger partial charge in [-0.25, -0.2) is 0 Å². The normalized spacial score (nSPS) is 23.3. The third kappa shape index (κ3) is 15.7. The molecule has 2 aromatic rings. The number of esters is 4. The molecule has 0 atom stereocenters. The van der Waals surface area contributed by atoms with Gasteiger partial charge < -0.3 is 50.0 Å². The van der Waals surface area contributed by atoms with Gasteiger partial charge >= 0.3 is 23.9 Å². The van der Waals surface area contributed by atoms with Crippen LogP contribution in [0.4, 0.5) is 0 Å². The molecule has 0 saturated carbocycles. The zero-order valence-electron chi connectivity index (χ0n) is 46.2. The highest BCUT2D eigenvalue weighted by atomic mass is 16.6. The van der Waals surface area contributed by atoms with Crippen molar-refractivity contribution in [2.24, 2.45) is 0 Å². The summed E-state index contributed by atoms with van der Waals surface area (Å²) in [5.41, 5.74) is -2.32. The van der Waals surface area contributed by atoms with Crippen LogP contribution in [0.1, 0.15) is 183 Å². The third-order valence-corrected chi connectivity index (χ3v) is 14.0. The summed E-state index contributed by atoms with van der Waals surface area (Å²) >= 11 is 0. The number of carbonyl (C=O) groups is 6. The molecular weight excluding hydrogens is 917 g/mol. The van der Waals surface area contributed by atoms with Crippen LogP contribution in [0.5, 0.6) is 0 Å². The molecule has 2 aromatic carbocycles. The molecule has 0 radical (unpaired) electrons. The number of carbonyl (C=O) groups excluding carboxylic acids is 6. The third-order valence-electron chi connectivity index (χ3n) is 14.0. The van der Waals surface area contributed by atoms with Gasteiger partial charge in [0.05, 0.1) is 0 Å². The summed E-state index contributed by atoms with van der Waals surface area (Å²) in [7, 11) is 0. The van der Waals surface area contributed by atoms with E-state index >= 15 is 0 Å². The molecule has 0 spiro atoms. The maximum atomic E-state index is 15.0. The van der Waals surface area contributed by atoms with Gasteiger partial charge in [0.15, 0.2) is 0 Å². The Hall–Kier alpha value is -4.64. The Morgan fingerprint density at radius 1 is 0.375 bits per heavy atom. The predicted octanol–water partition coefficient (Wildman–Crippen LogP) is 7.13. The lowest BCUT2D eigenvalue weighted by molar-refractivity contribution is -0.159. The maximum Gasteiger partial charge on any atom is 0.325 e. The smallest absolute Gasteiger partial charge is 0.325 e. The zero-order chi connectivity index (χ0) is 53.6. The van der Waals surface area contributed by atoms with E-state index in [2.05, 4.69) is 21.3 Å².